The fourth-order valence-electron chi connectivity index (χ4n) is 2.36. The van der Waals surface area contributed by atoms with E-state index in [0.717, 1.165) is 16.7 Å². The average Bonchev–Trinajstić information content (AvgIpc) is 2.75. The number of halogens is 3. The predicted molar refractivity (Wildman–Crippen MR) is 57.8 cm³/mol. The first-order chi connectivity index (χ1) is 7.96. The largest absolute Gasteiger partial charge is 0.421 e. The van der Waals surface area contributed by atoms with E-state index in [9.17, 15) is 18.0 Å². The molecule has 6 heteroatoms. The molecule has 0 spiro atoms. The molecule has 17 heavy (non-hydrogen) atoms. The predicted octanol–water partition coefficient (Wildman–Crippen LogP) is 3.18. The molecule has 1 amide bonds. The standard InChI is InChI=1S/C11H8F3NOS/c12-11(13,14)10-6-5-9(16)15(10)7-3-1-2-4-8(7)17-10/h1-4H,5-6H2/t10-/m0/s1. The number of hydrogen-bond acceptors (Lipinski definition) is 2. The molecule has 0 radical (unpaired) electrons. The summed E-state index contributed by atoms with van der Waals surface area (Å²) in [6.45, 7) is 0. The molecule has 0 saturated carbocycles. The van der Waals surface area contributed by atoms with Gasteiger partial charge in [-0.15, -0.1) is 0 Å². The Morgan fingerprint density at radius 3 is 2.71 bits per heavy atom. The Bertz CT molecular complexity index is 502. The number of carbonyl (C=O) groups is 1. The molecular formula is C11H8F3NOS. The van der Waals surface area contributed by atoms with Crippen molar-refractivity contribution in [1.29, 1.82) is 0 Å². The van der Waals surface area contributed by atoms with Crippen molar-refractivity contribution >= 4 is 23.4 Å². The van der Waals surface area contributed by atoms with Crippen LogP contribution in [0.1, 0.15) is 12.8 Å². The van der Waals surface area contributed by atoms with Crippen molar-refractivity contribution < 1.29 is 18.0 Å². The van der Waals surface area contributed by atoms with Gasteiger partial charge in [-0.25, -0.2) is 0 Å². The van der Waals surface area contributed by atoms with E-state index in [1.54, 1.807) is 24.3 Å². The highest BCUT2D eigenvalue weighted by Gasteiger charge is 2.67. The Morgan fingerprint density at radius 2 is 2.00 bits per heavy atom. The van der Waals surface area contributed by atoms with Gasteiger partial charge in [0.05, 0.1) is 5.69 Å². The lowest BCUT2D eigenvalue weighted by Gasteiger charge is -2.32. The van der Waals surface area contributed by atoms with Crippen LogP contribution < -0.4 is 4.90 Å². The maximum Gasteiger partial charge on any atom is 0.421 e. The average molecular weight is 259 g/mol. The first kappa shape index (κ1) is 11.0. The summed E-state index contributed by atoms with van der Waals surface area (Å²) < 4.78 is 39.7. The Labute approximate surface area is 99.8 Å². The molecule has 2 heterocycles. The minimum Gasteiger partial charge on any atom is -0.287 e. The third kappa shape index (κ3) is 1.27. The first-order valence-corrected chi connectivity index (χ1v) is 5.95. The molecule has 0 aromatic heterocycles. The lowest BCUT2D eigenvalue weighted by molar-refractivity contribution is -0.157. The van der Waals surface area contributed by atoms with Gasteiger partial charge < -0.3 is 0 Å². The highest BCUT2D eigenvalue weighted by Crippen LogP contribution is 2.61. The normalized spacial score (nSPS) is 27.2. The molecule has 2 nitrogen and oxygen atoms in total. The van der Waals surface area contributed by atoms with Crippen molar-refractivity contribution in [3.8, 4) is 0 Å². The monoisotopic (exact) mass is 259 g/mol. The van der Waals surface area contributed by atoms with E-state index in [1.165, 1.54) is 0 Å². The Kier molecular flexibility index (Phi) is 2.05. The fraction of sp³-hybridized carbons (Fsp3) is 0.364. The number of amides is 1. The van der Waals surface area contributed by atoms with Crippen molar-refractivity contribution in [3.05, 3.63) is 24.3 Å². The van der Waals surface area contributed by atoms with Crippen LogP contribution in [-0.4, -0.2) is 17.0 Å². The second-order valence-corrected chi connectivity index (χ2v) is 5.40. The van der Waals surface area contributed by atoms with Gasteiger partial charge in [0, 0.05) is 11.3 Å². The highest BCUT2D eigenvalue weighted by atomic mass is 32.2. The van der Waals surface area contributed by atoms with E-state index in [0.29, 0.717) is 10.6 Å². The van der Waals surface area contributed by atoms with Gasteiger partial charge >= 0.3 is 6.18 Å². The Morgan fingerprint density at radius 1 is 1.29 bits per heavy atom. The summed E-state index contributed by atoms with van der Waals surface area (Å²) in [7, 11) is 0. The van der Waals surface area contributed by atoms with Gasteiger partial charge in [-0.05, 0) is 18.6 Å². The van der Waals surface area contributed by atoms with Crippen LogP contribution in [0.2, 0.25) is 0 Å². The summed E-state index contributed by atoms with van der Waals surface area (Å²) in [4.78, 5) is 11.1. The maximum absolute atomic E-state index is 13.2. The molecule has 2 aliphatic rings. The number of carbonyl (C=O) groups excluding carboxylic acids is 1. The number of alkyl halides is 3. The Hall–Kier alpha value is -1.17. The van der Waals surface area contributed by atoms with Gasteiger partial charge in [-0.2, -0.15) is 13.2 Å². The smallest absolute Gasteiger partial charge is 0.287 e. The number of para-hydroxylation sites is 1. The van der Waals surface area contributed by atoms with Gasteiger partial charge in [-0.1, -0.05) is 23.9 Å². The van der Waals surface area contributed by atoms with E-state index in [1.807, 2.05) is 0 Å². The molecule has 3 rings (SSSR count). The molecular weight excluding hydrogens is 251 g/mol. The summed E-state index contributed by atoms with van der Waals surface area (Å²) in [5, 5.41) is 0. The van der Waals surface area contributed by atoms with E-state index in [4.69, 9.17) is 0 Å². The Balaban J connectivity index is 2.18. The lowest BCUT2D eigenvalue weighted by atomic mass is 10.2. The molecule has 0 bridgehead atoms. The van der Waals surface area contributed by atoms with E-state index < -0.39 is 17.0 Å². The van der Waals surface area contributed by atoms with Crippen LogP contribution in [0.5, 0.6) is 0 Å². The third-order valence-corrected chi connectivity index (χ3v) is 4.64. The molecule has 0 N–H and O–H groups in total. The van der Waals surface area contributed by atoms with Crippen molar-refractivity contribution in [2.24, 2.45) is 0 Å². The van der Waals surface area contributed by atoms with Crippen LogP contribution in [0, 0.1) is 0 Å². The number of thioether (sulfide) groups is 1. The SMILES string of the molecule is O=C1CC[C@@]2(C(F)(F)F)Sc3ccccc3N12. The highest BCUT2D eigenvalue weighted by molar-refractivity contribution is 8.01. The number of benzene rings is 1. The molecule has 1 aromatic rings. The zero-order valence-electron chi connectivity index (χ0n) is 8.62. The van der Waals surface area contributed by atoms with Gasteiger partial charge in [-0.3, -0.25) is 9.69 Å². The minimum atomic E-state index is -4.41. The van der Waals surface area contributed by atoms with Crippen LogP contribution in [0.4, 0.5) is 18.9 Å². The summed E-state index contributed by atoms with van der Waals surface area (Å²) in [6, 6.07) is 6.53. The minimum absolute atomic E-state index is 0.0408. The zero-order valence-corrected chi connectivity index (χ0v) is 9.44. The summed E-state index contributed by atoms with van der Waals surface area (Å²) >= 11 is 0.745. The summed E-state index contributed by atoms with van der Waals surface area (Å²) in [5.41, 5.74) is 0.386. The zero-order chi connectivity index (χ0) is 12.3. The molecule has 1 saturated heterocycles. The van der Waals surface area contributed by atoms with Crippen molar-refractivity contribution in [3.63, 3.8) is 0 Å². The third-order valence-electron chi connectivity index (χ3n) is 3.12. The molecule has 0 unspecified atom stereocenters. The van der Waals surface area contributed by atoms with Crippen LogP contribution >= 0.6 is 11.8 Å². The number of hydrogen-bond donors (Lipinski definition) is 0. The fourth-order valence-corrected chi connectivity index (χ4v) is 3.75. The number of fused-ring (bicyclic) bond motifs is 3. The van der Waals surface area contributed by atoms with Crippen molar-refractivity contribution in [2.45, 2.75) is 28.8 Å². The molecule has 1 fully saturated rings. The molecule has 0 aliphatic carbocycles. The number of nitrogens with zero attached hydrogens (tertiary/aromatic N) is 1. The van der Waals surface area contributed by atoms with E-state index in [-0.39, 0.29) is 12.8 Å². The summed E-state index contributed by atoms with van der Waals surface area (Å²) in [6.07, 6.45) is -4.63. The quantitative estimate of drug-likeness (QED) is 0.713. The van der Waals surface area contributed by atoms with Gasteiger partial charge in [0.1, 0.15) is 0 Å². The molecule has 1 atom stereocenters. The van der Waals surface area contributed by atoms with Gasteiger partial charge in [0.25, 0.3) is 0 Å². The van der Waals surface area contributed by atoms with Crippen molar-refractivity contribution in [1.82, 2.24) is 0 Å². The first-order valence-electron chi connectivity index (χ1n) is 5.13. The second kappa shape index (κ2) is 3.19. The molecule has 2 aliphatic heterocycles. The second-order valence-electron chi connectivity index (χ2n) is 4.08. The van der Waals surface area contributed by atoms with Crippen LogP contribution in [0.25, 0.3) is 0 Å². The van der Waals surface area contributed by atoms with E-state index in [2.05, 4.69) is 0 Å². The number of rotatable bonds is 0. The van der Waals surface area contributed by atoms with Crippen LogP contribution in [0.3, 0.4) is 0 Å². The topological polar surface area (TPSA) is 20.3 Å². The maximum atomic E-state index is 13.2. The molecule has 1 aromatic carbocycles. The molecule has 90 valence electrons. The summed E-state index contributed by atoms with van der Waals surface area (Å²) in [5.74, 6) is -0.445. The van der Waals surface area contributed by atoms with Gasteiger partial charge in [0.2, 0.25) is 5.91 Å². The van der Waals surface area contributed by atoms with Crippen LogP contribution in [-0.2, 0) is 4.79 Å². The van der Waals surface area contributed by atoms with E-state index >= 15 is 0 Å². The van der Waals surface area contributed by atoms with Gasteiger partial charge in [0.15, 0.2) is 4.87 Å². The number of anilines is 1. The van der Waals surface area contributed by atoms with Crippen LogP contribution in [0.15, 0.2) is 29.2 Å². The van der Waals surface area contributed by atoms with Crippen molar-refractivity contribution in [2.75, 3.05) is 4.90 Å². The lowest BCUT2D eigenvalue weighted by Crippen LogP contribution is -2.51.